The van der Waals surface area contributed by atoms with Crippen molar-refractivity contribution in [3.63, 3.8) is 0 Å². The van der Waals surface area contributed by atoms with Gasteiger partial charge in [0.25, 0.3) is 0 Å². The first-order valence-electron chi connectivity index (χ1n) is 7.27. The lowest BCUT2D eigenvalue weighted by Crippen LogP contribution is -2.23. The third kappa shape index (κ3) is 2.44. The van der Waals surface area contributed by atoms with E-state index in [0.717, 1.165) is 0 Å². The molecule has 0 N–H and O–H groups in total. The summed E-state index contributed by atoms with van der Waals surface area (Å²) >= 11 is 7.13. The lowest BCUT2D eigenvalue weighted by atomic mass is 10.1. The van der Waals surface area contributed by atoms with Gasteiger partial charge in [0.15, 0.2) is 17.3 Å². The number of aromatic nitrogens is 1. The van der Waals surface area contributed by atoms with E-state index in [1.54, 1.807) is 13.8 Å². The molecule has 10 heteroatoms. The highest BCUT2D eigenvalue weighted by atomic mass is 35.5. The Hall–Kier alpha value is -2.00. The Kier molecular flexibility index (Phi) is 4.54. The molecule has 2 heterocycles. The molecule has 1 aromatic heterocycles. The molecule has 1 aromatic carbocycles. The first-order chi connectivity index (χ1) is 11.8. The van der Waals surface area contributed by atoms with E-state index in [2.05, 4.69) is 5.18 Å². The number of rotatable bonds is 3. The second-order valence-corrected chi connectivity index (χ2v) is 6.75. The average Bonchev–Trinajstić information content (AvgIpc) is 2.95. The highest BCUT2D eigenvalue weighted by Crippen LogP contribution is 2.43. The largest absolute Gasteiger partial charge is 0.462 e. The number of carbonyl (C=O) groups excluding carboxylic acids is 1. The maximum absolute atomic E-state index is 14.1. The monoisotopic (exact) mass is 388 g/mol. The zero-order chi connectivity index (χ0) is 18.5. The Morgan fingerprint density at radius 2 is 2.12 bits per heavy atom. The number of nitrogens with zero attached hydrogens (tertiary/aromatic N) is 2. The molecule has 1 atom stereocenters. The normalized spacial score (nSPS) is 16.1. The summed E-state index contributed by atoms with van der Waals surface area (Å²) in [7, 11) is 0. The SMILES string of the molecule is CCOC(=O)c1c2n(c3c(Cl)c(F)c(F)c(N=O)c3c1=O)[C@H](C)CS2. The predicted molar refractivity (Wildman–Crippen MR) is 90.0 cm³/mol. The van der Waals surface area contributed by atoms with Gasteiger partial charge in [-0.3, -0.25) is 4.79 Å². The van der Waals surface area contributed by atoms with Crippen LogP contribution in [0.2, 0.25) is 5.02 Å². The smallest absolute Gasteiger partial charge is 0.344 e. The number of carbonyl (C=O) groups is 1. The number of ether oxygens (including phenoxy) is 1. The Balaban J connectivity index is 2.61. The van der Waals surface area contributed by atoms with Crippen LogP contribution in [0.4, 0.5) is 14.5 Å². The van der Waals surface area contributed by atoms with Crippen LogP contribution in [0.25, 0.3) is 10.9 Å². The second-order valence-electron chi connectivity index (χ2n) is 5.37. The van der Waals surface area contributed by atoms with Crippen molar-refractivity contribution >= 4 is 45.9 Å². The highest BCUT2D eigenvalue weighted by molar-refractivity contribution is 7.99. The summed E-state index contributed by atoms with van der Waals surface area (Å²) < 4.78 is 34.5. The zero-order valence-electron chi connectivity index (χ0n) is 13.1. The number of pyridine rings is 1. The maximum atomic E-state index is 14.1. The molecule has 1 aliphatic rings. The van der Waals surface area contributed by atoms with E-state index in [4.69, 9.17) is 16.3 Å². The molecule has 6 nitrogen and oxygen atoms in total. The minimum atomic E-state index is -1.63. The molecule has 0 aliphatic carbocycles. The molecule has 0 saturated carbocycles. The standard InChI is InChI=1S/C15H11ClF2N2O4S/c1-3-24-15(22)7-13(21)6-11(19-23)10(18)9(17)8(16)12(6)20-5(2)4-25-14(7)20/h5H,3-4H2,1-2H3/t5-/m1/s1. The van der Waals surface area contributed by atoms with Gasteiger partial charge in [-0.1, -0.05) is 11.6 Å². The number of hydrogen-bond donors (Lipinski definition) is 0. The number of hydrogen-bond acceptors (Lipinski definition) is 6. The van der Waals surface area contributed by atoms with Crippen molar-refractivity contribution in [2.24, 2.45) is 5.18 Å². The van der Waals surface area contributed by atoms with Crippen LogP contribution in [-0.2, 0) is 4.74 Å². The summed E-state index contributed by atoms with van der Waals surface area (Å²) in [6.45, 7) is 3.35. The van der Waals surface area contributed by atoms with Crippen molar-refractivity contribution in [1.82, 2.24) is 4.57 Å². The van der Waals surface area contributed by atoms with Crippen molar-refractivity contribution in [2.75, 3.05) is 12.4 Å². The second kappa shape index (κ2) is 6.38. The third-order valence-electron chi connectivity index (χ3n) is 3.88. The molecule has 1 aliphatic heterocycles. The Morgan fingerprint density at radius 3 is 2.72 bits per heavy atom. The fourth-order valence-corrected chi connectivity index (χ4v) is 4.37. The van der Waals surface area contributed by atoms with Crippen LogP contribution in [0.1, 0.15) is 30.2 Å². The summed E-state index contributed by atoms with van der Waals surface area (Å²) in [4.78, 5) is 36.2. The van der Waals surface area contributed by atoms with Crippen LogP contribution in [0, 0.1) is 16.5 Å². The quantitative estimate of drug-likeness (QED) is 0.448. The first kappa shape index (κ1) is 17.8. The third-order valence-corrected chi connectivity index (χ3v) is 5.54. The number of halogens is 3. The summed E-state index contributed by atoms with van der Waals surface area (Å²) in [5.74, 6) is -3.52. The van der Waals surface area contributed by atoms with Gasteiger partial charge in [0.2, 0.25) is 5.43 Å². The number of benzene rings is 1. The highest BCUT2D eigenvalue weighted by Gasteiger charge is 2.34. The molecule has 0 amide bonds. The van der Waals surface area contributed by atoms with Gasteiger partial charge in [0, 0.05) is 11.8 Å². The van der Waals surface area contributed by atoms with E-state index >= 15 is 0 Å². The van der Waals surface area contributed by atoms with Crippen LogP contribution in [0.15, 0.2) is 15.0 Å². The molecule has 0 spiro atoms. The summed E-state index contributed by atoms with van der Waals surface area (Å²) in [6, 6.07) is -0.280. The fraction of sp³-hybridized carbons (Fsp3) is 0.333. The molecule has 2 aromatic rings. The average molecular weight is 389 g/mol. The topological polar surface area (TPSA) is 77.7 Å². The summed E-state index contributed by atoms with van der Waals surface area (Å²) in [5.41, 5.74) is -2.46. The van der Waals surface area contributed by atoms with Gasteiger partial charge in [-0.2, -0.15) is 0 Å². The zero-order valence-corrected chi connectivity index (χ0v) is 14.6. The number of fused-ring (bicyclic) bond motifs is 3. The van der Waals surface area contributed by atoms with Crippen molar-refractivity contribution in [1.29, 1.82) is 0 Å². The fourth-order valence-electron chi connectivity index (χ4n) is 2.83. The summed E-state index contributed by atoms with van der Waals surface area (Å²) in [5, 5.41) is 1.54. The van der Waals surface area contributed by atoms with Crippen molar-refractivity contribution in [2.45, 2.75) is 24.9 Å². The van der Waals surface area contributed by atoms with Gasteiger partial charge >= 0.3 is 5.97 Å². The van der Waals surface area contributed by atoms with E-state index in [9.17, 15) is 23.3 Å². The molecular formula is C15H11ClF2N2O4S. The molecule has 0 fully saturated rings. The van der Waals surface area contributed by atoms with Crippen LogP contribution in [0.5, 0.6) is 0 Å². The molecule has 0 radical (unpaired) electrons. The molecular weight excluding hydrogens is 378 g/mol. The minimum Gasteiger partial charge on any atom is -0.462 e. The predicted octanol–water partition coefficient (Wildman–Crippen LogP) is 4.17. The van der Waals surface area contributed by atoms with Gasteiger partial charge in [0.1, 0.15) is 10.6 Å². The number of thioether (sulfide) groups is 1. The van der Waals surface area contributed by atoms with Crippen LogP contribution < -0.4 is 5.43 Å². The van der Waals surface area contributed by atoms with E-state index in [1.807, 2.05) is 0 Å². The van der Waals surface area contributed by atoms with Crippen LogP contribution in [-0.4, -0.2) is 22.9 Å². The number of esters is 1. The molecule has 0 bridgehead atoms. The molecule has 3 rings (SSSR count). The van der Waals surface area contributed by atoms with E-state index < -0.39 is 39.1 Å². The molecule has 132 valence electrons. The van der Waals surface area contributed by atoms with E-state index in [0.29, 0.717) is 5.75 Å². The first-order valence-corrected chi connectivity index (χ1v) is 8.63. The van der Waals surface area contributed by atoms with Crippen molar-refractivity contribution < 1.29 is 18.3 Å². The lowest BCUT2D eigenvalue weighted by molar-refractivity contribution is 0.0519. The van der Waals surface area contributed by atoms with Gasteiger partial charge in [0.05, 0.1) is 22.5 Å². The Labute approximate surface area is 149 Å². The minimum absolute atomic E-state index is 0.0211. The van der Waals surface area contributed by atoms with Gasteiger partial charge in [-0.05, 0) is 19.0 Å². The molecule has 0 saturated heterocycles. The van der Waals surface area contributed by atoms with E-state index in [1.165, 1.54) is 16.3 Å². The van der Waals surface area contributed by atoms with E-state index in [-0.39, 0.29) is 28.8 Å². The molecule has 0 unspecified atom stereocenters. The van der Waals surface area contributed by atoms with Gasteiger partial charge < -0.3 is 9.30 Å². The lowest BCUT2D eigenvalue weighted by Gasteiger charge is -2.18. The van der Waals surface area contributed by atoms with Gasteiger partial charge in [-0.25, -0.2) is 13.6 Å². The van der Waals surface area contributed by atoms with Crippen LogP contribution >= 0.6 is 23.4 Å². The molecule has 25 heavy (non-hydrogen) atoms. The van der Waals surface area contributed by atoms with Crippen molar-refractivity contribution in [3.05, 3.63) is 37.4 Å². The number of nitroso groups, excluding NO2 is 1. The summed E-state index contributed by atoms with van der Waals surface area (Å²) in [6.07, 6.45) is 0. The van der Waals surface area contributed by atoms with Crippen molar-refractivity contribution in [3.8, 4) is 0 Å². The maximum Gasteiger partial charge on any atom is 0.344 e. The Morgan fingerprint density at radius 1 is 1.44 bits per heavy atom. The van der Waals surface area contributed by atoms with Crippen LogP contribution in [0.3, 0.4) is 0 Å². The van der Waals surface area contributed by atoms with Gasteiger partial charge in [-0.15, -0.1) is 16.7 Å². The Bertz CT molecular complexity index is 992.